The molecule has 11 heavy (non-hydrogen) atoms. The van der Waals surface area contributed by atoms with E-state index < -0.39 is 0 Å². The van der Waals surface area contributed by atoms with Crippen LogP contribution in [0.5, 0.6) is 0 Å². The second-order valence-electron chi connectivity index (χ2n) is 2.73. The molecule has 0 aromatic heterocycles. The Labute approximate surface area is 70.9 Å². The van der Waals surface area contributed by atoms with Gasteiger partial charge < -0.3 is 5.32 Å². The van der Waals surface area contributed by atoms with E-state index in [2.05, 4.69) is 10.6 Å². The molecule has 0 radical (unpaired) electrons. The maximum absolute atomic E-state index is 11.0. The number of carbonyl (C=O) groups excluding carboxylic acids is 1. The number of carbonyl (C=O) groups is 1. The van der Waals surface area contributed by atoms with Crippen molar-refractivity contribution in [2.45, 2.75) is 13.8 Å². The number of hydrogen-bond donors (Lipinski definition) is 2. The number of amides is 1. The van der Waals surface area contributed by atoms with Crippen LogP contribution in [0.2, 0.25) is 0 Å². The van der Waals surface area contributed by atoms with E-state index in [9.17, 15) is 4.79 Å². The fourth-order valence-electron chi connectivity index (χ4n) is 0.831. The highest BCUT2D eigenvalue weighted by molar-refractivity contribution is 7.80. The Balaban J connectivity index is 2.75. The van der Waals surface area contributed by atoms with Crippen molar-refractivity contribution in [3.05, 3.63) is 11.8 Å². The predicted octanol–water partition coefficient (Wildman–Crippen LogP) is 0.531. The second-order valence-corrected chi connectivity index (χ2v) is 3.14. The maximum Gasteiger partial charge on any atom is 0.273 e. The van der Waals surface area contributed by atoms with Gasteiger partial charge in [0.2, 0.25) is 0 Å². The first-order valence-electron chi connectivity index (χ1n) is 3.43. The first-order valence-corrected chi connectivity index (χ1v) is 3.84. The standard InChI is InChI=1S/C7H10N2OS/c1-4(2)3-5-6(10)9-7(11)8-5/h3-4H,1-2H3,(H2,8,9,10,11). The zero-order valence-electron chi connectivity index (χ0n) is 6.47. The van der Waals surface area contributed by atoms with E-state index in [1.54, 1.807) is 0 Å². The van der Waals surface area contributed by atoms with Gasteiger partial charge in [-0.15, -0.1) is 0 Å². The monoisotopic (exact) mass is 170 g/mol. The van der Waals surface area contributed by atoms with Crippen LogP contribution >= 0.6 is 12.2 Å². The molecule has 3 nitrogen and oxygen atoms in total. The van der Waals surface area contributed by atoms with E-state index in [0.717, 1.165) is 0 Å². The molecule has 0 bridgehead atoms. The summed E-state index contributed by atoms with van der Waals surface area (Å²) in [6.45, 7) is 4.01. The van der Waals surface area contributed by atoms with Gasteiger partial charge in [-0.05, 0) is 18.1 Å². The third-order valence-corrected chi connectivity index (χ3v) is 1.42. The minimum atomic E-state index is -0.135. The molecule has 1 amide bonds. The Hall–Kier alpha value is -0.900. The van der Waals surface area contributed by atoms with Crippen LogP contribution in [0.1, 0.15) is 13.8 Å². The smallest absolute Gasteiger partial charge is 0.273 e. The molecule has 0 aliphatic carbocycles. The molecule has 0 spiro atoms. The Kier molecular flexibility index (Phi) is 2.24. The van der Waals surface area contributed by atoms with Gasteiger partial charge in [-0.3, -0.25) is 10.1 Å². The van der Waals surface area contributed by atoms with E-state index in [1.807, 2.05) is 19.9 Å². The highest BCUT2D eigenvalue weighted by atomic mass is 32.1. The quantitative estimate of drug-likeness (QED) is 0.445. The number of hydrogen-bond acceptors (Lipinski definition) is 2. The molecule has 0 aromatic rings. The summed E-state index contributed by atoms with van der Waals surface area (Å²) in [5.41, 5.74) is 0.560. The van der Waals surface area contributed by atoms with Crippen molar-refractivity contribution < 1.29 is 4.79 Å². The van der Waals surface area contributed by atoms with Gasteiger partial charge in [-0.25, -0.2) is 0 Å². The Bertz CT molecular complexity index is 233. The first kappa shape index (κ1) is 8.20. The lowest BCUT2D eigenvalue weighted by Crippen LogP contribution is -2.21. The van der Waals surface area contributed by atoms with E-state index in [1.165, 1.54) is 0 Å². The molecule has 0 atom stereocenters. The molecule has 2 N–H and O–H groups in total. The molecule has 0 saturated carbocycles. The van der Waals surface area contributed by atoms with Crippen molar-refractivity contribution >= 4 is 23.2 Å². The summed E-state index contributed by atoms with van der Waals surface area (Å²) in [6.07, 6.45) is 1.84. The lowest BCUT2D eigenvalue weighted by molar-refractivity contribution is -0.115. The number of thiocarbonyl (C=S) groups is 1. The van der Waals surface area contributed by atoms with Gasteiger partial charge in [0.25, 0.3) is 5.91 Å². The third kappa shape index (κ3) is 2.01. The summed E-state index contributed by atoms with van der Waals surface area (Å²) in [6, 6.07) is 0. The van der Waals surface area contributed by atoms with Crippen molar-refractivity contribution in [1.29, 1.82) is 0 Å². The van der Waals surface area contributed by atoms with E-state index in [0.29, 0.717) is 16.7 Å². The topological polar surface area (TPSA) is 41.1 Å². The molecule has 1 fully saturated rings. The summed E-state index contributed by atoms with van der Waals surface area (Å²) in [5, 5.41) is 5.64. The van der Waals surface area contributed by atoms with Crippen LogP contribution in [0.3, 0.4) is 0 Å². The first-order chi connectivity index (χ1) is 5.09. The molecule has 0 unspecified atom stereocenters. The van der Waals surface area contributed by atoms with Crippen molar-refractivity contribution in [3.8, 4) is 0 Å². The number of allylic oxidation sites excluding steroid dienone is 1. The van der Waals surface area contributed by atoms with Crippen LogP contribution in [-0.2, 0) is 4.79 Å². The Morgan fingerprint density at radius 1 is 1.45 bits per heavy atom. The summed E-state index contributed by atoms with van der Waals surface area (Å²) < 4.78 is 0. The van der Waals surface area contributed by atoms with Crippen LogP contribution in [0, 0.1) is 5.92 Å². The lowest BCUT2D eigenvalue weighted by Gasteiger charge is -1.96. The number of rotatable bonds is 1. The van der Waals surface area contributed by atoms with Gasteiger partial charge in [0, 0.05) is 0 Å². The summed E-state index contributed by atoms with van der Waals surface area (Å²) in [5.74, 6) is 0.216. The lowest BCUT2D eigenvalue weighted by atomic mass is 10.2. The van der Waals surface area contributed by atoms with Crippen molar-refractivity contribution in [2.75, 3.05) is 0 Å². The third-order valence-electron chi connectivity index (χ3n) is 1.22. The summed E-state index contributed by atoms with van der Waals surface area (Å²) in [7, 11) is 0. The minimum Gasteiger partial charge on any atom is -0.328 e. The van der Waals surface area contributed by atoms with Gasteiger partial charge in [-0.2, -0.15) is 0 Å². The van der Waals surface area contributed by atoms with Crippen LogP contribution in [0.4, 0.5) is 0 Å². The second kappa shape index (κ2) is 3.00. The molecule has 1 aliphatic heterocycles. The average Bonchev–Trinajstić information content (AvgIpc) is 2.09. The van der Waals surface area contributed by atoms with Crippen molar-refractivity contribution in [1.82, 2.24) is 10.6 Å². The van der Waals surface area contributed by atoms with Gasteiger partial charge in [0.1, 0.15) is 5.70 Å². The molecule has 1 aliphatic rings. The molecule has 4 heteroatoms. The molecule has 1 saturated heterocycles. The normalized spacial score (nSPS) is 20.8. The highest BCUT2D eigenvalue weighted by Crippen LogP contribution is 2.03. The molecular weight excluding hydrogens is 160 g/mol. The fraction of sp³-hybridized carbons (Fsp3) is 0.429. The molecular formula is C7H10N2OS. The van der Waals surface area contributed by atoms with Crippen LogP contribution in [0.15, 0.2) is 11.8 Å². The molecule has 1 heterocycles. The predicted molar refractivity (Wildman–Crippen MR) is 46.8 cm³/mol. The van der Waals surface area contributed by atoms with Gasteiger partial charge in [0.15, 0.2) is 5.11 Å². The summed E-state index contributed by atoms with van der Waals surface area (Å²) >= 11 is 4.74. The fourth-order valence-corrected chi connectivity index (χ4v) is 1.03. The van der Waals surface area contributed by atoms with Crippen molar-refractivity contribution in [3.63, 3.8) is 0 Å². The Morgan fingerprint density at radius 2 is 2.09 bits per heavy atom. The molecule has 60 valence electrons. The van der Waals surface area contributed by atoms with Crippen molar-refractivity contribution in [2.24, 2.45) is 5.92 Å². The number of nitrogens with one attached hydrogen (secondary N) is 2. The molecule has 0 aromatic carbocycles. The zero-order chi connectivity index (χ0) is 8.43. The zero-order valence-corrected chi connectivity index (χ0v) is 7.29. The minimum absolute atomic E-state index is 0.135. The summed E-state index contributed by atoms with van der Waals surface area (Å²) in [4.78, 5) is 11.0. The largest absolute Gasteiger partial charge is 0.328 e. The van der Waals surface area contributed by atoms with Gasteiger partial charge in [-0.1, -0.05) is 19.9 Å². The van der Waals surface area contributed by atoms with Crippen LogP contribution in [-0.4, -0.2) is 11.0 Å². The van der Waals surface area contributed by atoms with Gasteiger partial charge >= 0.3 is 0 Å². The van der Waals surface area contributed by atoms with Gasteiger partial charge in [0.05, 0.1) is 0 Å². The molecule has 1 rings (SSSR count). The maximum atomic E-state index is 11.0. The average molecular weight is 170 g/mol. The SMILES string of the molecule is CC(C)C=C1NC(=S)NC1=O. The van der Waals surface area contributed by atoms with Crippen LogP contribution < -0.4 is 10.6 Å². The van der Waals surface area contributed by atoms with Crippen LogP contribution in [0.25, 0.3) is 0 Å². The highest BCUT2D eigenvalue weighted by Gasteiger charge is 2.19. The van der Waals surface area contributed by atoms with E-state index >= 15 is 0 Å². The Morgan fingerprint density at radius 3 is 2.45 bits per heavy atom. The van der Waals surface area contributed by atoms with E-state index in [4.69, 9.17) is 12.2 Å². The van der Waals surface area contributed by atoms with E-state index in [-0.39, 0.29) is 5.91 Å².